The Morgan fingerprint density at radius 3 is 2.70 bits per heavy atom. The molecule has 0 atom stereocenters. The second-order valence-corrected chi connectivity index (χ2v) is 7.83. The monoisotopic (exact) mass is 427 g/mol. The van der Waals surface area contributed by atoms with Crippen LogP contribution in [-0.2, 0) is 32.0 Å². The molecular formula is C20H19ClFN7O. The Morgan fingerprint density at radius 2 is 2.00 bits per heavy atom. The molecule has 0 saturated heterocycles. The number of nitrogens with zero attached hydrogens (tertiary/aromatic N) is 7. The molecule has 0 bridgehead atoms. The summed E-state index contributed by atoms with van der Waals surface area (Å²) in [6.45, 7) is 2.94. The van der Waals surface area contributed by atoms with Crippen LogP contribution in [0.3, 0.4) is 0 Å². The number of rotatable bonds is 2. The van der Waals surface area contributed by atoms with E-state index in [1.165, 1.54) is 13.0 Å². The summed E-state index contributed by atoms with van der Waals surface area (Å²) >= 11 is 6.34. The molecule has 0 unspecified atom stereocenters. The first-order valence-corrected chi connectivity index (χ1v) is 9.87. The SMILES string of the molecule is CC(=O)N1CCn2c(Cl)nc(-c3cc4c(-c5cnn(C)c5)nn(C)c4cc3F)c2C1. The van der Waals surface area contributed by atoms with Gasteiger partial charge < -0.3 is 9.47 Å². The largest absolute Gasteiger partial charge is 0.335 e. The number of fused-ring (bicyclic) bond motifs is 2. The van der Waals surface area contributed by atoms with Gasteiger partial charge in [0.2, 0.25) is 11.2 Å². The van der Waals surface area contributed by atoms with E-state index in [0.717, 1.165) is 16.6 Å². The van der Waals surface area contributed by atoms with Crippen molar-refractivity contribution in [2.75, 3.05) is 6.54 Å². The van der Waals surface area contributed by atoms with E-state index in [4.69, 9.17) is 11.6 Å². The maximum Gasteiger partial charge on any atom is 0.219 e. The molecule has 1 aliphatic rings. The molecule has 10 heteroatoms. The van der Waals surface area contributed by atoms with Crippen LogP contribution in [0.15, 0.2) is 24.5 Å². The zero-order valence-electron chi connectivity index (χ0n) is 16.7. The van der Waals surface area contributed by atoms with E-state index in [9.17, 15) is 4.79 Å². The molecule has 1 aliphatic heterocycles. The van der Waals surface area contributed by atoms with Crippen LogP contribution in [0.2, 0.25) is 5.28 Å². The quantitative estimate of drug-likeness (QED) is 0.493. The van der Waals surface area contributed by atoms with Gasteiger partial charge in [-0.2, -0.15) is 10.2 Å². The van der Waals surface area contributed by atoms with Gasteiger partial charge in [0.15, 0.2) is 0 Å². The highest BCUT2D eigenvalue weighted by Gasteiger charge is 2.27. The Balaban J connectivity index is 1.71. The minimum absolute atomic E-state index is 0.0356. The Hall–Kier alpha value is -3.20. The highest BCUT2D eigenvalue weighted by atomic mass is 35.5. The molecule has 30 heavy (non-hydrogen) atoms. The van der Waals surface area contributed by atoms with Crippen LogP contribution in [0.25, 0.3) is 33.4 Å². The summed E-state index contributed by atoms with van der Waals surface area (Å²) < 4.78 is 20.4. The Kier molecular flexibility index (Phi) is 4.18. The first-order valence-electron chi connectivity index (χ1n) is 9.49. The lowest BCUT2D eigenvalue weighted by atomic mass is 10.0. The summed E-state index contributed by atoms with van der Waals surface area (Å²) in [6, 6.07) is 3.22. The summed E-state index contributed by atoms with van der Waals surface area (Å²) in [5.74, 6) is -0.452. The van der Waals surface area contributed by atoms with E-state index in [1.54, 1.807) is 33.6 Å². The van der Waals surface area contributed by atoms with E-state index < -0.39 is 5.82 Å². The van der Waals surface area contributed by atoms with Crippen molar-refractivity contribution in [3.63, 3.8) is 0 Å². The molecule has 8 nitrogen and oxygen atoms in total. The summed E-state index contributed by atoms with van der Waals surface area (Å²) in [6.07, 6.45) is 3.59. The molecule has 3 aromatic heterocycles. The second kappa shape index (κ2) is 6.66. The Morgan fingerprint density at radius 1 is 1.20 bits per heavy atom. The number of amides is 1. The molecule has 1 amide bonds. The number of carbonyl (C=O) groups is 1. The first kappa shape index (κ1) is 18.8. The minimum Gasteiger partial charge on any atom is -0.335 e. The van der Waals surface area contributed by atoms with Gasteiger partial charge in [0.1, 0.15) is 11.5 Å². The van der Waals surface area contributed by atoms with Crippen LogP contribution in [0.5, 0.6) is 0 Å². The number of aromatic nitrogens is 6. The topological polar surface area (TPSA) is 73.8 Å². The summed E-state index contributed by atoms with van der Waals surface area (Å²) in [7, 11) is 3.61. The van der Waals surface area contributed by atoms with Gasteiger partial charge in [0.05, 0.1) is 29.6 Å². The predicted molar refractivity (Wildman–Crippen MR) is 110 cm³/mol. The van der Waals surface area contributed by atoms with Crippen LogP contribution in [0.1, 0.15) is 12.6 Å². The van der Waals surface area contributed by atoms with Gasteiger partial charge >= 0.3 is 0 Å². The van der Waals surface area contributed by atoms with Crippen LogP contribution in [0, 0.1) is 5.82 Å². The fourth-order valence-corrected chi connectivity index (χ4v) is 4.30. The fourth-order valence-electron chi connectivity index (χ4n) is 4.02. The van der Waals surface area contributed by atoms with Crippen LogP contribution >= 0.6 is 11.6 Å². The highest BCUT2D eigenvalue weighted by molar-refractivity contribution is 6.28. The van der Waals surface area contributed by atoms with Crippen LogP contribution in [0.4, 0.5) is 4.39 Å². The Labute approximate surface area is 176 Å². The lowest BCUT2D eigenvalue weighted by Crippen LogP contribution is -2.36. The van der Waals surface area contributed by atoms with Gasteiger partial charge in [-0.1, -0.05) is 0 Å². The molecule has 1 aromatic carbocycles. The van der Waals surface area contributed by atoms with Crippen molar-refractivity contribution in [2.45, 2.75) is 20.0 Å². The average molecular weight is 428 g/mol. The summed E-state index contributed by atoms with van der Waals surface area (Å²) in [5.41, 5.74) is 3.74. The first-order chi connectivity index (χ1) is 14.3. The third-order valence-corrected chi connectivity index (χ3v) is 5.87. The molecule has 4 aromatic rings. The molecule has 154 valence electrons. The zero-order valence-corrected chi connectivity index (χ0v) is 17.5. The third kappa shape index (κ3) is 2.80. The van der Waals surface area contributed by atoms with Crippen molar-refractivity contribution in [2.24, 2.45) is 14.1 Å². The maximum absolute atomic E-state index is 15.2. The molecule has 4 heterocycles. The van der Waals surface area contributed by atoms with E-state index in [0.29, 0.717) is 47.4 Å². The average Bonchev–Trinajstić information content (AvgIpc) is 3.37. The highest BCUT2D eigenvalue weighted by Crippen LogP contribution is 2.36. The maximum atomic E-state index is 15.2. The smallest absolute Gasteiger partial charge is 0.219 e. The molecule has 0 N–H and O–H groups in total. The van der Waals surface area contributed by atoms with Crippen LogP contribution < -0.4 is 0 Å². The number of aryl methyl sites for hydroxylation is 2. The van der Waals surface area contributed by atoms with E-state index in [-0.39, 0.29) is 5.91 Å². The lowest BCUT2D eigenvalue weighted by molar-refractivity contribution is -0.130. The molecule has 0 saturated carbocycles. The van der Waals surface area contributed by atoms with Gasteiger partial charge in [-0.05, 0) is 17.7 Å². The number of carbonyl (C=O) groups excluding carboxylic acids is 1. The van der Waals surface area contributed by atoms with Crippen molar-refractivity contribution in [3.05, 3.63) is 41.3 Å². The van der Waals surface area contributed by atoms with Crippen molar-refractivity contribution in [1.29, 1.82) is 0 Å². The van der Waals surface area contributed by atoms with Crippen molar-refractivity contribution in [1.82, 2.24) is 34.0 Å². The van der Waals surface area contributed by atoms with Gasteiger partial charge in [0.25, 0.3) is 0 Å². The third-order valence-electron chi connectivity index (χ3n) is 5.58. The number of halogens is 2. The van der Waals surface area contributed by atoms with E-state index >= 15 is 4.39 Å². The zero-order chi connectivity index (χ0) is 21.2. The van der Waals surface area contributed by atoms with Crippen molar-refractivity contribution in [3.8, 4) is 22.5 Å². The van der Waals surface area contributed by atoms with Gasteiger partial charge in [-0.3, -0.25) is 14.2 Å². The molecule has 0 fully saturated rings. The van der Waals surface area contributed by atoms with E-state index in [1.807, 2.05) is 17.8 Å². The predicted octanol–water partition coefficient (Wildman–Crippen LogP) is 2.99. The van der Waals surface area contributed by atoms with Gasteiger partial charge in [-0.15, -0.1) is 0 Å². The number of hydrogen-bond acceptors (Lipinski definition) is 4. The standard InChI is InChI=1S/C20H19ClFN7O/c1-11(30)28-4-5-29-17(10-28)19(24-20(29)21)13-6-14-16(7-15(13)22)27(3)25-18(14)12-8-23-26(2)9-12/h6-9H,4-5,10H2,1-3H3. The molecule has 5 rings (SSSR count). The van der Waals surface area contributed by atoms with E-state index in [2.05, 4.69) is 15.2 Å². The fraction of sp³-hybridized carbons (Fsp3) is 0.300. The van der Waals surface area contributed by atoms with Gasteiger partial charge in [-0.25, -0.2) is 9.37 Å². The lowest BCUT2D eigenvalue weighted by Gasteiger charge is -2.28. The molecule has 0 radical (unpaired) electrons. The minimum atomic E-state index is -0.416. The van der Waals surface area contributed by atoms with Crippen LogP contribution in [-0.4, -0.2) is 46.5 Å². The number of hydrogen-bond donors (Lipinski definition) is 0. The van der Waals surface area contributed by atoms with Gasteiger partial charge in [0, 0.05) is 62.9 Å². The van der Waals surface area contributed by atoms with Crippen molar-refractivity contribution < 1.29 is 9.18 Å². The normalized spacial score (nSPS) is 13.8. The number of imidazole rings is 1. The molecule has 0 spiro atoms. The number of benzene rings is 1. The summed E-state index contributed by atoms with van der Waals surface area (Å²) in [4.78, 5) is 18.0. The molecular weight excluding hydrogens is 409 g/mol. The summed E-state index contributed by atoms with van der Waals surface area (Å²) in [5, 5.41) is 9.87. The second-order valence-electron chi connectivity index (χ2n) is 7.49. The molecule has 0 aliphatic carbocycles. The van der Waals surface area contributed by atoms with Crippen molar-refractivity contribution >= 4 is 28.4 Å². The Bertz CT molecular complexity index is 1320.